The molecule has 3 heterocycles. The summed E-state index contributed by atoms with van der Waals surface area (Å²) in [6.07, 6.45) is 4.31. The Morgan fingerprint density at radius 1 is 0.982 bits per heavy atom. The van der Waals surface area contributed by atoms with Crippen molar-refractivity contribution in [1.29, 1.82) is 0 Å². The third-order valence-corrected chi connectivity index (χ3v) is 9.95. The molecule has 6 rings (SSSR count). The average Bonchev–Trinajstić information content (AvgIpc) is 3.73. The van der Waals surface area contributed by atoms with Gasteiger partial charge < -0.3 is 30.7 Å². The summed E-state index contributed by atoms with van der Waals surface area (Å²) < 4.78 is 5.37. The van der Waals surface area contributed by atoms with Gasteiger partial charge in [-0.05, 0) is 129 Å². The third-order valence-electron chi connectivity index (χ3n) is 9.95. The molecule has 1 saturated heterocycles. The van der Waals surface area contributed by atoms with Gasteiger partial charge in [0, 0.05) is 50.4 Å². The summed E-state index contributed by atoms with van der Waals surface area (Å²) in [5.74, 6) is 0.545. The Labute approximate surface area is 326 Å². The van der Waals surface area contributed by atoms with Gasteiger partial charge in [-0.1, -0.05) is 24.3 Å². The number of benzene rings is 2. The van der Waals surface area contributed by atoms with Crippen LogP contribution in [0.15, 0.2) is 66.9 Å². The Bertz CT molecular complexity index is 1880. The molecule has 2 aromatic carbocycles. The zero-order chi connectivity index (χ0) is 40.2. The lowest BCUT2D eigenvalue weighted by Gasteiger charge is -2.33. The molecule has 1 atom stereocenters. The Morgan fingerprint density at radius 2 is 1.62 bits per heavy atom. The first-order valence-electron chi connectivity index (χ1n) is 18.9. The van der Waals surface area contributed by atoms with Crippen LogP contribution in [0.3, 0.4) is 0 Å². The van der Waals surface area contributed by atoms with E-state index in [0.29, 0.717) is 36.5 Å². The molecule has 0 unspecified atom stereocenters. The molecule has 2 fully saturated rings. The average molecular weight is 769 g/mol. The van der Waals surface area contributed by atoms with E-state index in [1.807, 2.05) is 57.3 Å². The molecule has 2 aromatic heterocycles. The van der Waals surface area contributed by atoms with E-state index in [2.05, 4.69) is 53.8 Å². The third kappa shape index (κ3) is 11.4. The van der Waals surface area contributed by atoms with Crippen LogP contribution in [-0.2, 0) is 25.5 Å². The lowest BCUT2D eigenvalue weighted by atomic mass is 9.81. The number of carboxylic acid groups (broad SMARTS) is 1. The standard InChI is InChI=1S/C39H50N10O4.CH2O2/c1-39(2,3)53-38(52)42-25-27-7-11-30(12-8-27)36(50)49(32-15-13-29(14-16-32)35-43-45-46-44-35)37(51)33(40)23-26-5-9-28(10-6-26)31-17-18-41-34(24-31)48-21-19-47(4)20-22-48;2-1-3/h5-6,9-10,13-18,24,27,30,33H,7-8,11-12,19-23,25,40H2,1-4H3,(H,42,52)(H,43,44,45,46);1H,(H,2,3)/t27-,30-,33-;/m0./s1. The monoisotopic (exact) mass is 768 g/mol. The highest BCUT2D eigenvalue weighted by molar-refractivity contribution is 6.17. The number of aromatic amines is 1. The van der Waals surface area contributed by atoms with Crippen molar-refractivity contribution in [2.24, 2.45) is 17.6 Å². The number of nitrogens with one attached hydrogen (secondary N) is 2. The minimum atomic E-state index is -0.956. The molecule has 0 radical (unpaired) electrons. The van der Waals surface area contributed by atoms with Gasteiger partial charge in [-0.3, -0.25) is 14.4 Å². The lowest BCUT2D eigenvalue weighted by Crippen LogP contribution is -2.50. The maximum atomic E-state index is 14.2. The Morgan fingerprint density at radius 3 is 2.23 bits per heavy atom. The van der Waals surface area contributed by atoms with E-state index in [-0.39, 0.29) is 30.6 Å². The molecule has 5 N–H and O–H groups in total. The van der Waals surface area contributed by atoms with Crippen molar-refractivity contribution in [2.45, 2.75) is 64.5 Å². The molecular weight excluding hydrogens is 717 g/mol. The van der Waals surface area contributed by atoms with Crippen LogP contribution in [0.4, 0.5) is 16.3 Å². The fraction of sp³-hybridized carbons (Fsp3) is 0.450. The summed E-state index contributed by atoms with van der Waals surface area (Å²) in [7, 11) is 2.14. The number of aromatic nitrogens is 5. The van der Waals surface area contributed by atoms with Gasteiger partial charge in [-0.25, -0.2) is 19.8 Å². The van der Waals surface area contributed by atoms with Crippen LogP contribution in [0.25, 0.3) is 22.5 Å². The fourth-order valence-corrected chi connectivity index (χ4v) is 6.90. The van der Waals surface area contributed by atoms with Crippen molar-refractivity contribution >= 4 is 35.9 Å². The molecule has 4 aromatic rings. The number of amides is 3. The van der Waals surface area contributed by atoms with Crippen molar-refractivity contribution in [3.63, 3.8) is 0 Å². The van der Waals surface area contributed by atoms with E-state index in [1.165, 1.54) is 4.90 Å². The van der Waals surface area contributed by atoms with Crippen LogP contribution in [0, 0.1) is 11.8 Å². The number of likely N-dealkylation sites (N-methyl/N-ethyl adjacent to an activating group) is 1. The van der Waals surface area contributed by atoms with E-state index in [9.17, 15) is 14.4 Å². The molecule has 16 heteroatoms. The highest BCUT2D eigenvalue weighted by Gasteiger charge is 2.35. The zero-order valence-corrected chi connectivity index (χ0v) is 32.4. The van der Waals surface area contributed by atoms with Gasteiger partial charge in [0.1, 0.15) is 11.4 Å². The number of imide groups is 1. The molecule has 1 aliphatic carbocycles. The Kier molecular flexibility index (Phi) is 14.2. The summed E-state index contributed by atoms with van der Waals surface area (Å²) in [6, 6.07) is 18.2. The minimum Gasteiger partial charge on any atom is -0.483 e. The smallest absolute Gasteiger partial charge is 0.407 e. The highest BCUT2D eigenvalue weighted by Crippen LogP contribution is 2.32. The fourth-order valence-electron chi connectivity index (χ4n) is 6.90. The summed E-state index contributed by atoms with van der Waals surface area (Å²) in [4.78, 5) is 59.4. The number of hydrogen-bond acceptors (Lipinski definition) is 12. The molecule has 3 amide bonds. The van der Waals surface area contributed by atoms with E-state index >= 15 is 0 Å². The summed E-state index contributed by atoms with van der Waals surface area (Å²) in [5.41, 5.74) is 10.2. The molecule has 298 valence electrons. The van der Waals surface area contributed by atoms with E-state index in [1.54, 1.807) is 24.3 Å². The van der Waals surface area contributed by atoms with Crippen LogP contribution in [0.1, 0.15) is 52.0 Å². The molecule has 0 bridgehead atoms. The number of anilines is 2. The summed E-state index contributed by atoms with van der Waals surface area (Å²) >= 11 is 0. The predicted molar refractivity (Wildman–Crippen MR) is 212 cm³/mol. The maximum absolute atomic E-state index is 14.2. The summed E-state index contributed by atoms with van der Waals surface area (Å²) in [5, 5.41) is 23.7. The van der Waals surface area contributed by atoms with Crippen molar-refractivity contribution in [3.05, 3.63) is 72.4 Å². The van der Waals surface area contributed by atoms with Crippen LogP contribution < -0.4 is 20.9 Å². The molecular formula is C40H52N10O6. The second-order valence-electron chi connectivity index (χ2n) is 15.2. The van der Waals surface area contributed by atoms with Gasteiger partial charge in [-0.15, -0.1) is 5.10 Å². The summed E-state index contributed by atoms with van der Waals surface area (Å²) in [6.45, 7) is 9.58. The Hall–Kier alpha value is -5.74. The molecule has 1 saturated carbocycles. The largest absolute Gasteiger partial charge is 0.483 e. The van der Waals surface area contributed by atoms with Gasteiger partial charge in [0.25, 0.3) is 12.4 Å². The number of nitrogens with two attached hydrogens (primary N) is 1. The van der Waals surface area contributed by atoms with E-state index in [0.717, 1.165) is 61.5 Å². The SMILES string of the molecule is CN1CCN(c2cc(-c3ccc(C[C@H](N)C(=O)N(c4ccc(-c5nnn[nH]5)cc4)C(=O)[C@H]4CC[C@H](CNC(=O)OC(C)(C)C)CC4)cc3)ccn2)CC1.O=CO. The van der Waals surface area contributed by atoms with Crippen molar-refractivity contribution < 1.29 is 29.0 Å². The first-order valence-corrected chi connectivity index (χ1v) is 18.9. The molecule has 0 spiro atoms. The predicted octanol–water partition coefficient (Wildman–Crippen LogP) is 4.14. The van der Waals surface area contributed by atoms with Gasteiger partial charge in [0.2, 0.25) is 5.91 Å². The zero-order valence-electron chi connectivity index (χ0n) is 32.4. The quantitative estimate of drug-likeness (QED) is 0.167. The Balaban J connectivity index is 0.00000194. The normalized spacial score (nSPS) is 17.8. The number of carbonyl (C=O) groups is 4. The first kappa shape index (κ1) is 41.4. The van der Waals surface area contributed by atoms with Gasteiger partial charge in [0.15, 0.2) is 5.82 Å². The molecule has 56 heavy (non-hydrogen) atoms. The van der Waals surface area contributed by atoms with Crippen LogP contribution in [-0.4, -0.2) is 111 Å². The topological polar surface area (TPSA) is 213 Å². The number of nitrogens with zero attached hydrogens (tertiary/aromatic N) is 7. The van der Waals surface area contributed by atoms with Crippen molar-refractivity contribution in [2.75, 3.05) is 49.6 Å². The van der Waals surface area contributed by atoms with E-state index < -0.39 is 23.6 Å². The first-order chi connectivity index (χ1) is 26.8. The number of ether oxygens (including phenoxy) is 1. The molecule has 1 aliphatic heterocycles. The van der Waals surface area contributed by atoms with Crippen LogP contribution in [0.5, 0.6) is 0 Å². The van der Waals surface area contributed by atoms with Crippen LogP contribution in [0.2, 0.25) is 0 Å². The number of carbonyl (C=O) groups excluding carboxylic acids is 3. The van der Waals surface area contributed by atoms with Gasteiger partial charge in [0.05, 0.1) is 11.7 Å². The number of piperazine rings is 1. The van der Waals surface area contributed by atoms with Gasteiger partial charge >= 0.3 is 6.09 Å². The van der Waals surface area contributed by atoms with Crippen LogP contribution >= 0.6 is 0 Å². The maximum Gasteiger partial charge on any atom is 0.407 e. The number of hydrogen-bond donors (Lipinski definition) is 4. The molecule has 16 nitrogen and oxygen atoms in total. The second-order valence-corrected chi connectivity index (χ2v) is 15.2. The number of pyridine rings is 1. The number of H-pyrrole nitrogens is 1. The van der Waals surface area contributed by atoms with E-state index in [4.69, 9.17) is 20.4 Å². The molecule has 2 aliphatic rings. The number of tetrazole rings is 1. The van der Waals surface area contributed by atoms with Crippen molar-refractivity contribution in [1.82, 2.24) is 35.8 Å². The highest BCUT2D eigenvalue weighted by atomic mass is 16.6. The second kappa shape index (κ2) is 19.2. The lowest BCUT2D eigenvalue weighted by molar-refractivity contribution is -0.130. The van der Waals surface area contributed by atoms with Crippen molar-refractivity contribution in [3.8, 4) is 22.5 Å². The van der Waals surface area contributed by atoms with Gasteiger partial charge in [-0.2, -0.15) is 0 Å². The minimum absolute atomic E-state index is 0.210. The number of rotatable bonds is 10. The number of alkyl carbamates (subject to hydrolysis) is 1.